The molecule has 1 unspecified atom stereocenters. The predicted octanol–water partition coefficient (Wildman–Crippen LogP) is 4.55. The molecule has 32 heavy (non-hydrogen) atoms. The quantitative estimate of drug-likeness (QED) is 0.220. The van der Waals surface area contributed by atoms with E-state index in [1.165, 1.54) is 24.3 Å². The number of hydrogen-bond donors (Lipinski definition) is 0. The third kappa shape index (κ3) is 4.90. The summed E-state index contributed by atoms with van der Waals surface area (Å²) in [5.41, 5.74) is 0.376. The van der Waals surface area contributed by atoms with Crippen LogP contribution in [0.5, 0.6) is 11.5 Å². The first kappa shape index (κ1) is 22.8. The van der Waals surface area contributed by atoms with Gasteiger partial charge in [0.1, 0.15) is 11.5 Å². The molecule has 0 N–H and O–H groups in total. The zero-order valence-corrected chi connectivity index (χ0v) is 17.6. The predicted molar refractivity (Wildman–Crippen MR) is 113 cm³/mol. The summed E-state index contributed by atoms with van der Waals surface area (Å²) >= 11 is -2.77. The molecule has 9 nitrogen and oxygen atoms in total. The van der Waals surface area contributed by atoms with Crippen LogP contribution in [0.2, 0.25) is 0 Å². The highest BCUT2D eigenvalue weighted by molar-refractivity contribution is 7.81. The van der Waals surface area contributed by atoms with Gasteiger partial charge in [-0.25, -0.2) is 4.79 Å². The standard InChI is InChI=1S/C21H17FN2O7S/c1-13-3-5-14(6-4-13)23(32(28)29)19-9-7-15(11-17(19)21(25)30-2)31-16-8-10-20(24(26)27)18(22)12-16/h3-12H,1-2H3,(H,28,29)/p-1. The first-order valence-electron chi connectivity index (χ1n) is 9.01. The second kappa shape index (κ2) is 9.54. The molecule has 0 aromatic heterocycles. The van der Waals surface area contributed by atoms with Gasteiger partial charge in [-0.1, -0.05) is 17.7 Å². The van der Waals surface area contributed by atoms with E-state index in [2.05, 4.69) is 0 Å². The fourth-order valence-electron chi connectivity index (χ4n) is 2.85. The van der Waals surface area contributed by atoms with Gasteiger partial charge in [0, 0.05) is 12.1 Å². The Labute approximate surface area is 184 Å². The molecular formula is C21H16FN2O7S-. The third-order valence-electron chi connectivity index (χ3n) is 4.36. The molecule has 3 aromatic carbocycles. The van der Waals surface area contributed by atoms with Gasteiger partial charge in [0.05, 0.1) is 40.2 Å². The molecule has 0 spiro atoms. The number of aryl methyl sites for hydroxylation is 1. The fraction of sp³-hybridized carbons (Fsp3) is 0.0952. The van der Waals surface area contributed by atoms with Gasteiger partial charge in [0.25, 0.3) is 0 Å². The summed E-state index contributed by atoms with van der Waals surface area (Å²) in [6.07, 6.45) is 0. The zero-order chi connectivity index (χ0) is 23.4. The number of rotatable bonds is 7. The molecule has 0 saturated heterocycles. The van der Waals surface area contributed by atoms with Crippen molar-refractivity contribution in [3.05, 3.63) is 87.7 Å². The van der Waals surface area contributed by atoms with Gasteiger partial charge in [0.2, 0.25) is 5.82 Å². The molecule has 1 atom stereocenters. The number of nitrogens with zero attached hydrogens (tertiary/aromatic N) is 2. The number of methoxy groups -OCH3 is 1. The molecule has 0 saturated carbocycles. The molecular weight excluding hydrogens is 443 g/mol. The molecule has 0 amide bonds. The van der Waals surface area contributed by atoms with Crippen LogP contribution < -0.4 is 9.04 Å². The van der Waals surface area contributed by atoms with Crippen LogP contribution >= 0.6 is 0 Å². The summed E-state index contributed by atoms with van der Waals surface area (Å²) in [5.74, 6) is -1.92. The number of carbonyl (C=O) groups is 1. The van der Waals surface area contributed by atoms with E-state index in [9.17, 15) is 28.1 Å². The van der Waals surface area contributed by atoms with Gasteiger partial charge in [-0.05, 0) is 43.3 Å². The lowest BCUT2D eigenvalue weighted by Gasteiger charge is -2.28. The van der Waals surface area contributed by atoms with E-state index in [0.717, 1.165) is 29.1 Å². The Bertz CT molecular complexity index is 1200. The van der Waals surface area contributed by atoms with Crippen molar-refractivity contribution in [2.75, 3.05) is 11.4 Å². The highest BCUT2D eigenvalue weighted by Crippen LogP contribution is 2.35. The van der Waals surface area contributed by atoms with Crippen molar-refractivity contribution in [2.45, 2.75) is 6.92 Å². The Morgan fingerprint density at radius 3 is 2.25 bits per heavy atom. The highest BCUT2D eigenvalue weighted by atomic mass is 32.2. The van der Waals surface area contributed by atoms with E-state index in [1.54, 1.807) is 24.3 Å². The van der Waals surface area contributed by atoms with Crippen molar-refractivity contribution in [1.82, 2.24) is 0 Å². The number of nitro benzene ring substituents is 1. The topological polar surface area (TPSA) is 122 Å². The fourth-order valence-corrected chi connectivity index (χ4v) is 3.46. The summed E-state index contributed by atoms with van der Waals surface area (Å²) in [6.45, 7) is 1.84. The maximum atomic E-state index is 13.9. The summed E-state index contributed by atoms with van der Waals surface area (Å²) < 4.78 is 49.1. The second-order valence-electron chi connectivity index (χ2n) is 6.49. The zero-order valence-electron chi connectivity index (χ0n) is 16.8. The van der Waals surface area contributed by atoms with Gasteiger partial charge in [-0.2, -0.15) is 4.39 Å². The lowest BCUT2D eigenvalue weighted by molar-refractivity contribution is -0.387. The average molecular weight is 459 g/mol. The van der Waals surface area contributed by atoms with Crippen molar-refractivity contribution >= 4 is 34.3 Å². The second-order valence-corrected chi connectivity index (χ2v) is 7.29. The molecule has 0 bridgehead atoms. The lowest BCUT2D eigenvalue weighted by atomic mass is 10.1. The molecule has 11 heteroatoms. The van der Waals surface area contributed by atoms with E-state index in [4.69, 9.17) is 9.47 Å². The maximum absolute atomic E-state index is 13.9. The maximum Gasteiger partial charge on any atom is 0.340 e. The van der Waals surface area contributed by atoms with Crippen LogP contribution in [0.3, 0.4) is 0 Å². The summed E-state index contributed by atoms with van der Waals surface area (Å²) in [4.78, 5) is 22.3. The molecule has 3 rings (SSSR count). The van der Waals surface area contributed by atoms with E-state index in [1.807, 2.05) is 6.92 Å². The molecule has 0 heterocycles. The smallest absolute Gasteiger partial charge is 0.340 e. The van der Waals surface area contributed by atoms with Gasteiger partial charge in [-0.15, -0.1) is 0 Å². The number of ether oxygens (including phenoxy) is 2. The minimum Gasteiger partial charge on any atom is -0.755 e. The van der Waals surface area contributed by atoms with Crippen molar-refractivity contribution in [3.63, 3.8) is 0 Å². The Hall–Kier alpha value is -3.83. The lowest BCUT2D eigenvalue weighted by Crippen LogP contribution is -2.22. The Balaban J connectivity index is 2.03. The molecule has 166 valence electrons. The molecule has 0 aliphatic carbocycles. The summed E-state index contributed by atoms with van der Waals surface area (Å²) in [7, 11) is 1.13. The van der Waals surface area contributed by atoms with Crippen molar-refractivity contribution < 1.29 is 32.3 Å². The molecule has 0 aliphatic rings. The number of benzene rings is 3. The number of halogens is 1. The van der Waals surface area contributed by atoms with Crippen molar-refractivity contribution in [2.24, 2.45) is 0 Å². The van der Waals surface area contributed by atoms with E-state index < -0.39 is 33.7 Å². The molecule has 0 aliphatic heterocycles. The van der Waals surface area contributed by atoms with Crippen LogP contribution in [0.25, 0.3) is 0 Å². The van der Waals surface area contributed by atoms with Crippen LogP contribution in [0.4, 0.5) is 21.5 Å². The van der Waals surface area contributed by atoms with Crippen LogP contribution in [0.1, 0.15) is 15.9 Å². The van der Waals surface area contributed by atoms with Crippen molar-refractivity contribution in [3.8, 4) is 11.5 Å². The van der Waals surface area contributed by atoms with Crippen molar-refractivity contribution in [1.29, 1.82) is 0 Å². The van der Waals surface area contributed by atoms with Gasteiger partial charge in [-0.3, -0.25) is 18.6 Å². The molecule has 0 fully saturated rings. The van der Waals surface area contributed by atoms with Gasteiger partial charge < -0.3 is 14.0 Å². The minimum absolute atomic E-state index is 0.0104. The Kier molecular flexibility index (Phi) is 6.81. The first-order valence-corrected chi connectivity index (χ1v) is 10.0. The van der Waals surface area contributed by atoms with E-state index >= 15 is 0 Å². The summed E-state index contributed by atoms with van der Waals surface area (Å²) in [6, 6.07) is 13.5. The third-order valence-corrected chi connectivity index (χ3v) is 5.07. The molecule has 0 radical (unpaired) electrons. The summed E-state index contributed by atoms with van der Waals surface area (Å²) in [5, 5.41) is 10.8. The van der Waals surface area contributed by atoms with E-state index in [-0.39, 0.29) is 22.7 Å². The highest BCUT2D eigenvalue weighted by Gasteiger charge is 2.21. The Morgan fingerprint density at radius 2 is 1.69 bits per heavy atom. The number of hydrogen-bond acceptors (Lipinski definition) is 7. The monoisotopic (exact) mass is 459 g/mol. The number of nitro groups is 1. The van der Waals surface area contributed by atoms with Crippen LogP contribution in [-0.2, 0) is 16.0 Å². The van der Waals surface area contributed by atoms with Crippen LogP contribution in [0, 0.1) is 22.9 Å². The number of esters is 1. The number of carbonyl (C=O) groups excluding carboxylic acids is 1. The largest absolute Gasteiger partial charge is 0.755 e. The number of anilines is 2. The van der Waals surface area contributed by atoms with Crippen LogP contribution in [-0.4, -0.2) is 26.8 Å². The van der Waals surface area contributed by atoms with Gasteiger partial charge >= 0.3 is 11.7 Å². The normalized spacial score (nSPS) is 11.5. The van der Waals surface area contributed by atoms with Gasteiger partial charge in [0.15, 0.2) is 0 Å². The van der Waals surface area contributed by atoms with E-state index in [0.29, 0.717) is 5.69 Å². The Morgan fingerprint density at radius 1 is 1.06 bits per heavy atom. The average Bonchev–Trinajstić information content (AvgIpc) is 2.75. The minimum atomic E-state index is -2.77. The molecule has 3 aromatic rings. The SMILES string of the molecule is COC(=O)c1cc(Oc2ccc([N+](=O)[O-])c(F)c2)ccc1N(c1ccc(C)cc1)S(=O)[O-]. The first-order chi connectivity index (χ1) is 15.2. The van der Waals surface area contributed by atoms with Crippen LogP contribution in [0.15, 0.2) is 60.7 Å².